The molecule has 21 heavy (non-hydrogen) atoms. The second kappa shape index (κ2) is 4.73. The van der Waals surface area contributed by atoms with Gasteiger partial charge in [-0.05, 0) is 24.3 Å². The van der Waals surface area contributed by atoms with Gasteiger partial charge in [0.05, 0.1) is 16.8 Å². The average Bonchev–Trinajstić information content (AvgIpc) is 2.45. The molecule has 0 bridgehead atoms. The number of anilines is 1. The van der Waals surface area contributed by atoms with E-state index in [0.717, 1.165) is 17.5 Å². The second-order valence-corrected chi connectivity index (χ2v) is 4.54. The topological polar surface area (TPSA) is 51.8 Å². The average molecular weight is 289 g/mol. The van der Waals surface area contributed by atoms with Gasteiger partial charge in [-0.3, -0.25) is 4.98 Å². The summed E-state index contributed by atoms with van der Waals surface area (Å²) in [5.41, 5.74) is 6.13. The monoisotopic (exact) mass is 289 g/mol. The lowest BCUT2D eigenvalue weighted by Crippen LogP contribution is -2.07. The Kier molecular flexibility index (Phi) is 3.01. The number of rotatable bonds is 1. The standard InChI is InChI=1S/C15H10F3N3/c16-15(17,18)9-7-13(21-14(19)8-9)11-3-1-5-12-10(11)4-2-6-20-12/h1-8H,(H2,19,21). The first-order valence-electron chi connectivity index (χ1n) is 6.14. The zero-order valence-electron chi connectivity index (χ0n) is 10.7. The molecule has 0 aliphatic carbocycles. The smallest absolute Gasteiger partial charge is 0.384 e. The maximum Gasteiger partial charge on any atom is 0.416 e. The van der Waals surface area contributed by atoms with Gasteiger partial charge in [0.1, 0.15) is 5.82 Å². The van der Waals surface area contributed by atoms with Crippen LogP contribution < -0.4 is 5.73 Å². The SMILES string of the molecule is Nc1cc(C(F)(F)F)cc(-c2cccc3ncccc23)n1. The summed E-state index contributed by atoms with van der Waals surface area (Å²) in [5.74, 6) is -0.166. The van der Waals surface area contributed by atoms with Gasteiger partial charge in [-0.1, -0.05) is 18.2 Å². The van der Waals surface area contributed by atoms with Crippen molar-refractivity contribution in [3.05, 3.63) is 54.2 Å². The van der Waals surface area contributed by atoms with Gasteiger partial charge in [-0.25, -0.2) is 4.98 Å². The second-order valence-electron chi connectivity index (χ2n) is 4.54. The van der Waals surface area contributed by atoms with E-state index in [9.17, 15) is 13.2 Å². The van der Waals surface area contributed by atoms with Crippen LogP contribution in [0.25, 0.3) is 22.2 Å². The van der Waals surface area contributed by atoms with E-state index in [0.29, 0.717) is 11.1 Å². The normalized spacial score (nSPS) is 11.8. The van der Waals surface area contributed by atoms with Crippen LogP contribution in [-0.4, -0.2) is 9.97 Å². The number of pyridine rings is 2. The first-order chi connectivity index (χ1) is 9.95. The predicted molar refractivity (Wildman–Crippen MR) is 74.4 cm³/mol. The summed E-state index contributed by atoms with van der Waals surface area (Å²) in [5, 5.41) is 0.728. The Hall–Kier alpha value is -2.63. The fourth-order valence-corrected chi connectivity index (χ4v) is 2.18. The van der Waals surface area contributed by atoms with Crippen LogP contribution in [0.15, 0.2) is 48.7 Å². The number of benzene rings is 1. The molecule has 2 heterocycles. The summed E-state index contributed by atoms with van der Waals surface area (Å²) < 4.78 is 38.6. The molecule has 3 nitrogen and oxygen atoms in total. The molecule has 3 rings (SSSR count). The maximum absolute atomic E-state index is 12.9. The van der Waals surface area contributed by atoms with Crippen LogP contribution in [0.5, 0.6) is 0 Å². The van der Waals surface area contributed by atoms with Crippen molar-refractivity contribution >= 4 is 16.7 Å². The van der Waals surface area contributed by atoms with Gasteiger partial charge >= 0.3 is 6.18 Å². The van der Waals surface area contributed by atoms with Crippen LogP contribution in [0.1, 0.15) is 5.56 Å². The Morgan fingerprint density at radius 2 is 1.81 bits per heavy atom. The molecule has 2 N–H and O–H groups in total. The number of fused-ring (bicyclic) bond motifs is 1. The van der Waals surface area contributed by atoms with Gasteiger partial charge in [0, 0.05) is 17.1 Å². The first-order valence-corrected chi connectivity index (χ1v) is 6.14. The molecule has 0 saturated heterocycles. The van der Waals surface area contributed by atoms with E-state index >= 15 is 0 Å². The molecule has 0 spiro atoms. The van der Waals surface area contributed by atoms with Crippen molar-refractivity contribution in [1.82, 2.24) is 9.97 Å². The molecule has 0 amide bonds. The van der Waals surface area contributed by atoms with E-state index in [-0.39, 0.29) is 11.5 Å². The summed E-state index contributed by atoms with van der Waals surface area (Å²) in [6, 6.07) is 10.5. The lowest BCUT2D eigenvalue weighted by molar-refractivity contribution is -0.137. The van der Waals surface area contributed by atoms with Crippen molar-refractivity contribution < 1.29 is 13.2 Å². The van der Waals surface area contributed by atoms with E-state index in [1.165, 1.54) is 0 Å². The summed E-state index contributed by atoms with van der Waals surface area (Å²) in [7, 11) is 0. The quantitative estimate of drug-likeness (QED) is 0.739. The molecule has 0 aliphatic heterocycles. The van der Waals surface area contributed by atoms with Crippen molar-refractivity contribution in [1.29, 1.82) is 0 Å². The van der Waals surface area contributed by atoms with Crippen LogP contribution in [0.3, 0.4) is 0 Å². The van der Waals surface area contributed by atoms with Crippen LogP contribution in [-0.2, 0) is 6.18 Å². The molecule has 3 aromatic rings. The molecule has 0 fully saturated rings. The molecule has 0 atom stereocenters. The Labute approximate surface area is 118 Å². The fourth-order valence-electron chi connectivity index (χ4n) is 2.18. The highest BCUT2D eigenvalue weighted by atomic mass is 19.4. The Morgan fingerprint density at radius 1 is 1.00 bits per heavy atom. The van der Waals surface area contributed by atoms with Crippen molar-refractivity contribution in [2.75, 3.05) is 5.73 Å². The van der Waals surface area contributed by atoms with Gasteiger partial charge in [0.15, 0.2) is 0 Å². The van der Waals surface area contributed by atoms with Crippen LogP contribution >= 0.6 is 0 Å². The highest BCUT2D eigenvalue weighted by Crippen LogP contribution is 2.34. The highest BCUT2D eigenvalue weighted by molar-refractivity contribution is 5.93. The molecule has 0 unspecified atom stereocenters. The minimum Gasteiger partial charge on any atom is -0.384 e. The minimum absolute atomic E-state index is 0.166. The van der Waals surface area contributed by atoms with Gasteiger partial charge in [0.2, 0.25) is 0 Å². The number of halogens is 3. The van der Waals surface area contributed by atoms with Crippen molar-refractivity contribution in [3.63, 3.8) is 0 Å². The Balaban J connectivity index is 2.26. The van der Waals surface area contributed by atoms with Gasteiger partial charge in [0.25, 0.3) is 0 Å². The lowest BCUT2D eigenvalue weighted by Gasteiger charge is -2.11. The Bertz CT molecular complexity index is 807. The number of hydrogen-bond acceptors (Lipinski definition) is 3. The largest absolute Gasteiger partial charge is 0.416 e. The molecule has 6 heteroatoms. The van der Waals surface area contributed by atoms with Gasteiger partial charge < -0.3 is 5.73 Å². The predicted octanol–water partition coefficient (Wildman–Crippen LogP) is 3.90. The van der Waals surface area contributed by atoms with E-state index in [4.69, 9.17) is 5.73 Å². The molecule has 0 aliphatic rings. The minimum atomic E-state index is -4.46. The number of nitrogens with zero attached hydrogens (tertiary/aromatic N) is 2. The number of nitrogens with two attached hydrogens (primary N) is 1. The molecule has 0 saturated carbocycles. The highest BCUT2D eigenvalue weighted by Gasteiger charge is 2.31. The third kappa shape index (κ3) is 2.52. The molecule has 106 valence electrons. The van der Waals surface area contributed by atoms with E-state index in [2.05, 4.69) is 9.97 Å². The third-order valence-electron chi connectivity index (χ3n) is 3.09. The molecular weight excluding hydrogens is 279 g/mol. The zero-order chi connectivity index (χ0) is 15.0. The zero-order valence-corrected chi connectivity index (χ0v) is 10.7. The summed E-state index contributed by atoms with van der Waals surface area (Å²) in [6.45, 7) is 0. The van der Waals surface area contributed by atoms with Crippen LogP contribution in [0.4, 0.5) is 19.0 Å². The summed E-state index contributed by atoms with van der Waals surface area (Å²) in [4.78, 5) is 8.20. The number of aromatic nitrogens is 2. The van der Waals surface area contributed by atoms with E-state index in [1.54, 1.807) is 36.5 Å². The summed E-state index contributed by atoms with van der Waals surface area (Å²) in [6.07, 6.45) is -2.84. The lowest BCUT2D eigenvalue weighted by atomic mass is 10.0. The molecular formula is C15H10F3N3. The molecule has 0 radical (unpaired) electrons. The van der Waals surface area contributed by atoms with Crippen LogP contribution in [0.2, 0.25) is 0 Å². The van der Waals surface area contributed by atoms with Gasteiger partial charge in [-0.15, -0.1) is 0 Å². The molecule has 1 aromatic carbocycles. The number of nitrogen functional groups attached to an aromatic ring is 1. The summed E-state index contributed by atoms with van der Waals surface area (Å²) >= 11 is 0. The van der Waals surface area contributed by atoms with Crippen molar-refractivity contribution in [2.45, 2.75) is 6.18 Å². The fraction of sp³-hybridized carbons (Fsp3) is 0.0667. The maximum atomic E-state index is 12.9. The van der Waals surface area contributed by atoms with Crippen LogP contribution in [0, 0.1) is 0 Å². The van der Waals surface area contributed by atoms with Crippen molar-refractivity contribution in [3.8, 4) is 11.3 Å². The number of alkyl halides is 3. The molecule has 2 aromatic heterocycles. The van der Waals surface area contributed by atoms with Crippen molar-refractivity contribution in [2.24, 2.45) is 0 Å². The van der Waals surface area contributed by atoms with Gasteiger partial charge in [-0.2, -0.15) is 13.2 Å². The third-order valence-corrected chi connectivity index (χ3v) is 3.09. The Morgan fingerprint density at radius 3 is 2.57 bits per heavy atom. The first kappa shape index (κ1) is 13.4. The number of hydrogen-bond donors (Lipinski definition) is 1. The van der Waals surface area contributed by atoms with E-state index < -0.39 is 11.7 Å². The van der Waals surface area contributed by atoms with E-state index in [1.807, 2.05) is 0 Å².